The van der Waals surface area contributed by atoms with Crippen molar-refractivity contribution in [3.63, 3.8) is 0 Å². The molecular formula is C13H23NO3S. The second-order valence-corrected chi connectivity index (χ2v) is 7.71. The van der Waals surface area contributed by atoms with E-state index in [9.17, 15) is 14.7 Å². The first-order valence-corrected chi connectivity index (χ1v) is 7.34. The van der Waals surface area contributed by atoms with Crippen molar-refractivity contribution in [1.29, 1.82) is 0 Å². The number of hydrogen-bond donors (Lipinski definition) is 1. The number of aliphatic carboxylic acids is 1. The summed E-state index contributed by atoms with van der Waals surface area (Å²) in [7, 11) is 0. The van der Waals surface area contributed by atoms with E-state index in [-0.39, 0.29) is 10.7 Å². The quantitative estimate of drug-likeness (QED) is 0.853. The summed E-state index contributed by atoms with van der Waals surface area (Å²) in [6.07, 6.45) is 1.16. The van der Waals surface area contributed by atoms with E-state index >= 15 is 0 Å². The molecule has 1 rings (SSSR count). The van der Waals surface area contributed by atoms with Gasteiger partial charge in [0.05, 0.1) is 11.2 Å². The summed E-state index contributed by atoms with van der Waals surface area (Å²) in [4.78, 5) is 25.0. The fourth-order valence-corrected chi connectivity index (χ4v) is 2.81. The van der Waals surface area contributed by atoms with E-state index in [2.05, 4.69) is 20.8 Å². The lowest BCUT2D eigenvalue weighted by Gasteiger charge is -2.24. The maximum absolute atomic E-state index is 12.0. The molecule has 0 radical (unpaired) electrons. The number of likely N-dealkylation sites (tertiary alicyclic amines) is 1. The second kappa shape index (κ2) is 5.51. The molecule has 1 N–H and O–H groups in total. The minimum absolute atomic E-state index is 0.0596. The summed E-state index contributed by atoms with van der Waals surface area (Å²) < 4.78 is 0.0596. The van der Waals surface area contributed by atoms with Gasteiger partial charge in [-0.2, -0.15) is 0 Å². The van der Waals surface area contributed by atoms with Crippen LogP contribution in [0.5, 0.6) is 0 Å². The van der Waals surface area contributed by atoms with Crippen LogP contribution >= 0.6 is 11.8 Å². The van der Waals surface area contributed by atoms with Gasteiger partial charge in [0, 0.05) is 17.8 Å². The van der Waals surface area contributed by atoms with Gasteiger partial charge in [-0.05, 0) is 12.8 Å². The third kappa shape index (κ3) is 3.64. The molecule has 1 aliphatic rings. The van der Waals surface area contributed by atoms with E-state index in [1.807, 2.05) is 6.92 Å². The standard InChI is InChI=1S/C13H23NO3S/c1-5-13(11(16)17)6-7-14(9-13)10(15)8-18-12(2,3)4/h5-9H2,1-4H3,(H,16,17). The molecule has 1 atom stereocenters. The maximum Gasteiger partial charge on any atom is 0.311 e. The number of carboxylic acid groups (broad SMARTS) is 1. The van der Waals surface area contributed by atoms with Crippen molar-refractivity contribution < 1.29 is 14.7 Å². The summed E-state index contributed by atoms with van der Waals surface area (Å²) >= 11 is 1.61. The molecule has 0 aromatic heterocycles. The largest absolute Gasteiger partial charge is 0.481 e. The van der Waals surface area contributed by atoms with Crippen molar-refractivity contribution in [2.75, 3.05) is 18.8 Å². The van der Waals surface area contributed by atoms with Crippen LogP contribution in [0.3, 0.4) is 0 Å². The Balaban J connectivity index is 2.56. The molecule has 4 nitrogen and oxygen atoms in total. The lowest BCUT2D eigenvalue weighted by molar-refractivity contribution is -0.148. The Bertz CT molecular complexity index is 338. The number of thioether (sulfide) groups is 1. The number of carbonyl (C=O) groups is 2. The fraction of sp³-hybridized carbons (Fsp3) is 0.846. The summed E-state index contributed by atoms with van der Waals surface area (Å²) in [5, 5.41) is 9.28. The van der Waals surface area contributed by atoms with Crippen molar-refractivity contribution in [2.45, 2.75) is 45.3 Å². The van der Waals surface area contributed by atoms with Gasteiger partial charge in [0.1, 0.15) is 0 Å². The molecule has 18 heavy (non-hydrogen) atoms. The Morgan fingerprint density at radius 3 is 2.39 bits per heavy atom. The molecule has 1 unspecified atom stereocenters. The smallest absolute Gasteiger partial charge is 0.311 e. The SMILES string of the molecule is CCC1(C(=O)O)CCN(C(=O)CSC(C)(C)C)C1. The lowest BCUT2D eigenvalue weighted by Crippen LogP contribution is -2.37. The third-order valence-electron chi connectivity index (χ3n) is 3.47. The van der Waals surface area contributed by atoms with Crippen molar-refractivity contribution in [3.05, 3.63) is 0 Å². The zero-order valence-electron chi connectivity index (χ0n) is 11.7. The van der Waals surface area contributed by atoms with Crippen LogP contribution in [-0.4, -0.2) is 45.5 Å². The van der Waals surface area contributed by atoms with Gasteiger partial charge in [0.15, 0.2) is 0 Å². The third-order valence-corrected chi connectivity index (χ3v) is 4.72. The summed E-state index contributed by atoms with van der Waals surface area (Å²) in [5.41, 5.74) is -0.720. The fourth-order valence-electron chi connectivity index (χ4n) is 2.07. The minimum Gasteiger partial charge on any atom is -0.481 e. The van der Waals surface area contributed by atoms with Crippen LogP contribution in [0.15, 0.2) is 0 Å². The van der Waals surface area contributed by atoms with E-state index in [1.165, 1.54) is 0 Å². The van der Waals surface area contributed by atoms with Gasteiger partial charge < -0.3 is 10.0 Å². The monoisotopic (exact) mass is 273 g/mol. The normalized spacial score (nSPS) is 24.3. The average molecular weight is 273 g/mol. The molecule has 0 spiro atoms. The van der Waals surface area contributed by atoms with Gasteiger partial charge >= 0.3 is 5.97 Å². The molecule has 1 heterocycles. The molecule has 0 aliphatic carbocycles. The van der Waals surface area contributed by atoms with Gasteiger partial charge in [-0.15, -0.1) is 11.8 Å². The van der Waals surface area contributed by atoms with Crippen molar-refractivity contribution >= 4 is 23.6 Å². The lowest BCUT2D eigenvalue weighted by atomic mass is 9.84. The molecule has 0 aromatic carbocycles. The number of hydrogen-bond acceptors (Lipinski definition) is 3. The van der Waals surface area contributed by atoms with Crippen LogP contribution in [0, 0.1) is 5.41 Å². The number of carbonyl (C=O) groups excluding carboxylic acids is 1. The Labute approximate surface area is 113 Å². The van der Waals surface area contributed by atoms with E-state index in [1.54, 1.807) is 16.7 Å². The molecule has 0 saturated carbocycles. The van der Waals surface area contributed by atoms with E-state index in [4.69, 9.17) is 0 Å². The summed E-state index contributed by atoms with van der Waals surface area (Å²) in [5.74, 6) is -0.279. The second-order valence-electron chi connectivity index (χ2n) is 5.91. The van der Waals surface area contributed by atoms with Crippen LogP contribution in [0.1, 0.15) is 40.5 Å². The van der Waals surface area contributed by atoms with Crippen LogP contribution < -0.4 is 0 Å². The first kappa shape index (κ1) is 15.3. The van der Waals surface area contributed by atoms with E-state index in [0.717, 1.165) is 0 Å². The highest BCUT2D eigenvalue weighted by atomic mass is 32.2. The molecule has 0 aromatic rings. The van der Waals surface area contributed by atoms with Gasteiger partial charge in [-0.25, -0.2) is 0 Å². The van der Waals surface area contributed by atoms with E-state index < -0.39 is 11.4 Å². The molecule has 104 valence electrons. The molecular weight excluding hydrogens is 250 g/mol. The minimum atomic E-state index is -0.774. The Kier molecular flexibility index (Phi) is 4.70. The van der Waals surface area contributed by atoms with Gasteiger partial charge in [-0.1, -0.05) is 27.7 Å². The first-order valence-electron chi connectivity index (χ1n) is 6.35. The van der Waals surface area contributed by atoms with Crippen molar-refractivity contribution in [2.24, 2.45) is 5.41 Å². The molecule has 1 amide bonds. The summed E-state index contributed by atoms with van der Waals surface area (Å²) in [6.45, 7) is 9.03. The zero-order chi connectivity index (χ0) is 14.0. The van der Waals surface area contributed by atoms with Gasteiger partial charge in [0.25, 0.3) is 0 Å². The maximum atomic E-state index is 12.0. The predicted molar refractivity (Wildman–Crippen MR) is 73.8 cm³/mol. The Morgan fingerprint density at radius 2 is 2.00 bits per heavy atom. The first-order chi connectivity index (χ1) is 8.20. The van der Waals surface area contributed by atoms with Crippen LogP contribution in [0.25, 0.3) is 0 Å². The van der Waals surface area contributed by atoms with Crippen molar-refractivity contribution in [1.82, 2.24) is 4.90 Å². The molecule has 5 heteroatoms. The number of rotatable bonds is 4. The molecule has 1 aliphatic heterocycles. The van der Waals surface area contributed by atoms with Crippen LogP contribution in [-0.2, 0) is 9.59 Å². The Morgan fingerprint density at radius 1 is 1.39 bits per heavy atom. The number of carboxylic acids is 1. The number of nitrogens with zero attached hydrogens (tertiary/aromatic N) is 1. The highest BCUT2D eigenvalue weighted by molar-refractivity contribution is 8.01. The highest BCUT2D eigenvalue weighted by Crippen LogP contribution is 2.35. The van der Waals surface area contributed by atoms with Gasteiger partial charge in [-0.3, -0.25) is 9.59 Å². The zero-order valence-corrected chi connectivity index (χ0v) is 12.5. The number of amides is 1. The van der Waals surface area contributed by atoms with Crippen LogP contribution in [0.4, 0.5) is 0 Å². The predicted octanol–water partition coefficient (Wildman–Crippen LogP) is 2.23. The molecule has 1 saturated heterocycles. The van der Waals surface area contributed by atoms with Crippen LogP contribution in [0.2, 0.25) is 0 Å². The topological polar surface area (TPSA) is 57.6 Å². The summed E-state index contributed by atoms with van der Waals surface area (Å²) in [6, 6.07) is 0. The van der Waals surface area contributed by atoms with E-state index in [0.29, 0.717) is 31.7 Å². The molecule has 0 bridgehead atoms. The Hall–Kier alpha value is -0.710. The van der Waals surface area contributed by atoms with Crippen molar-refractivity contribution in [3.8, 4) is 0 Å². The van der Waals surface area contributed by atoms with Gasteiger partial charge in [0.2, 0.25) is 5.91 Å². The average Bonchev–Trinajstić information content (AvgIpc) is 2.70. The molecule has 1 fully saturated rings. The highest BCUT2D eigenvalue weighted by Gasteiger charge is 2.44.